The lowest BCUT2D eigenvalue weighted by molar-refractivity contribution is -0.384. The fourth-order valence-corrected chi connectivity index (χ4v) is 2.23. The van der Waals surface area contributed by atoms with Crippen molar-refractivity contribution < 1.29 is 14.8 Å². The van der Waals surface area contributed by atoms with Crippen LogP contribution in [0.15, 0.2) is 24.3 Å². The van der Waals surface area contributed by atoms with Crippen LogP contribution in [0.25, 0.3) is 0 Å². The molecule has 0 aromatic heterocycles. The number of rotatable bonds is 4. The van der Waals surface area contributed by atoms with Crippen LogP contribution in [-0.2, 0) is 11.2 Å². The molecule has 0 spiro atoms. The number of nitro benzene ring substituents is 1. The summed E-state index contributed by atoms with van der Waals surface area (Å²) in [5.74, 6) is 0.175. The number of nitro groups is 1. The number of nitrogens with zero attached hydrogens (tertiary/aromatic N) is 1. The van der Waals surface area contributed by atoms with Crippen LogP contribution < -0.4 is 0 Å². The van der Waals surface area contributed by atoms with E-state index in [4.69, 9.17) is 4.74 Å². The van der Waals surface area contributed by atoms with E-state index in [0.717, 1.165) is 25.0 Å². The summed E-state index contributed by atoms with van der Waals surface area (Å²) in [6, 6.07) is 6.34. The van der Waals surface area contributed by atoms with Gasteiger partial charge in [0.05, 0.1) is 17.6 Å². The molecule has 1 aromatic carbocycles. The standard InChI is InChI=1S/C13H17NO4/c15-13(11-2-1-7-18-9-11)8-10-3-5-12(6-4-10)14(16)17/h3-6,11,13,15H,1-2,7-9H2. The monoisotopic (exact) mass is 251 g/mol. The Labute approximate surface area is 106 Å². The van der Waals surface area contributed by atoms with Crippen molar-refractivity contribution in [2.45, 2.75) is 25.4 Å². The highest BCUT2D eigenvalue weighted by Crippen LogP contribution is 2.21. The molecule has 98 valence electrons. The maximum Gasteiger partial charge on any atom is 0.269 e. The smallest absolute Gasteiger partial charge is 0.269 e. The fraction of sp³-hybridized carbons (Fsp3) is 0.538. The van der Waals surface area contributed by atoms with Crippen LogP contribution in [0.1, 0.15) is 18.4 Å². The van der Waals surface area contributed by atoms with Gasteiger partial charge in [0.15, 0.2) is 0 Å². The average Bonchev–Trinajstić information content (AvgIpc) is 2.40. The van der Waals surface area contributed by atoms with E-state index >= 15 is 0 Å². The quantitative estimate of drug-likeness (QED) is 0.655. The van der Waals surface area contributed by atoms with Gasteiger partial charge in [0.1, 0.15) is 0 Å². The van der Waals surface area contributed by atoms with Gasteiger partial charge in [0.25, 0.3) is 5.69 Å². The summed E-state index contributed by atoms with van der Waals surface area (Å²) in [6.07, 6.45) is 2.05. The summed E-state index contributed by atoms with van der Waals surface area (Å²) in [5, 5.41) is 20.6. The Morgan fingerprint density at radius 1 is 1.44 bits per heavy atom. The first-order chi connectivity index (χ1) is 8.66. The largest absolute Gasteiger partial charge is 0.392 e. The van der Waals surface area contributed by atoms with E-state index in [9.17, 15) is 15.2 Å². The Hall–Kier alpha value is -1.46. The summed E-state index contributed by atoms with van der Waals surface area (Å²) in [6.45, 7) is 1.38. The zero-order chi connectivity index (χ0) is 13.0. The van der Waals surface area contributed by atoms with Crippen LogP contribution in [0.4, 0.5) is 5.69 Å². The second kappa shape index (κ2) is 5.93. The summed E-state index contributed by atoms with van der Waals surface area (Å²) >= 11 is 0. The van der Waals surface area contributed by atoms with Gasteiger partial charge >= 0.3 is 0 Å². The lowest BCUT2D eigenvalue weighted by Crippen LogP contribution is -2.30. The predicted molar refractivity (Wildman–Crippen MR) is 66.4 cm³/mol. The molecule has 18 heavy (non-hydrogen) atoms. The van der Waals surface area contributed by atoms with Gasteiger partial charge < -0.3 is 9.84 Å². The van der Waals surface area contributed by atoms with E-state index in [0.29, 0.717) is 13.0 Å². The average molecular weight is 251 g/mol. The molecule has 0 amide bonds. The second-order valence-electron chi connectivity index (χ2n) is 4.67. The van der Waals surface area contributed by atoms with Crippen LogP contribution in [-0.4, -0.2) is 29.3 Å². The first-order valence-electron chi connectivity index (χ1n) is 6.16. The highest BCUT2D eigenvalue weighted by molar-refractivity contribution is 5.33. The number of hydrogen-bond acceptors (Lipinski definition) is 4. The molecule has 1 aromatic rings. The van der Waals surface area contributed by atoms with Crippen LogP contribution in [0, 0.1) is 16.0 Å². The number of non-ortho nitro benzene ring substituents is 1. The van der Waals surface area contributed by atoms with E-state index in [1.54, 1.807) is 12.1 Å². The predicted octanol–water partition coefficient (Wildman–Crippen LogP) is 1.92. The highest BCUT2D eigenvalue weighted by Gasteiger charge is 2.22. The second-order valence-corrected chi connectivity index (χ2v) is 4.67. The molecule has 5 nitrogen and oxygen atoms in total. The minimum atomic E-state index is -0.438. The molecular formula is C13H17NO4. The van der Waals surface area contributed by atoms with E-state index in [-0.39, 0.29) is 11.6 Å². The van der Waals surface area contributed by atoms with Crippen molar-refractivity contribution in [1.29, 1.82) is 0 Å². The highest BCUT2D eigenvalue weighted by atomic mass is 16.6. The Bertz CT molecular complexity index is 398. The van der Waals surface area contributed by atoms with Crippen molar-refractivity contribution in [2.24, 2.45) is 5.92 Å². The normalized spacial score (nSPS) is 21.5. The summed E-state index contributed by atoms with van der Waals surface area (Å²) in [5.41, 5.74) is 0.993. The molecule has 1 aliphatic rings. The van der Waals surface area contributed by atoms with E-state index in [1.165, 1.54) is 12.1 Å². The number of hydrogen-bond donors (Lipinski definition) is 1. The van der Waals surface area contributed by atoms with Gasteiger partial charge in [-0.25, -0.2) is 0 Å². The topological polar surface area (TPSA) is 72.6 Å². The third kappa shape index (κ3) is 3.27. The van der Waals surface area contributed by atoms with Crippen LogP contribution >= 0.6 is 0 Å². The zero-order valence-electron chi connectivity index (χ0n) is 10.1. The van der Waals surface area contributed by atoms with Gasteiger partial charge in [0, 0.05) is 24.7 Å². The van der Waals surface area contributed by atoms with Gasteiger partial charge in [-0.1, -0.05) is 12.1 Å². The lowest BCUT2D eigenvalue weighted by Gasteiger charge is -2.26. The SMILES string of the molecule is O=[N+]([O-])c1ccc(CC(O)C2CCCOC2)cc1. The van der Waals surface area contributed by atoms with Crippen molar-refractivity contribution in [3.8, 4) is 0 Å². The molecule has 2 rings (SSSR count). The van der Waals surface area contributed by atoms with Crippen molar-refractivity contribution in [3.05, 3.63) is 39.9 Å². The number of aliphatic hydroxyl groups excluding tert-OH is 1. The molecular weight excluding hydrogens is 234 g/mol. The van der Waals surface area contributed by atoms with Crippen molar-refractivity contribution in [1.82, 2.24) is 0 Å². The molecule has 1 fully saturated rings. The fourth-order valence-electron chi connectivity index (χ4n) is 2.23. The minimum Gasteiger partial charge on any atom is -0.392 e. The number of benzene rings is 1. The van der Waals surface area contributed by atoms with Gasteiger partial charge in [-0.2, -0.15) is 0 Å². The first kappa shape index (κ1) is 13.0. The Balaban J connectivity index is 1.93. The Kier molecular flexibility index (Phi) is 4.28. The third-order valence-electron chi connectivity index (χ3n) is 3.33. The Morgan fingerprint density at radius 3 is 2.72 bits per heavy atom. The third-order valence-corrected chi connectivity index (χ3v) is 3.33. The van der Waals surface area contributed by atoms with Gasteiger partial charge in [0.2, 0.25) is 0 Å². The maximum atomic E-state index is 10.5. The van der Waals surface area contributed by atoms with E-state index in [2.05, 4.69) is 0 Å². The van der Waals surface area contributed by atoms with Crippen LogP contribution in [0.5, 0.6) is 0 Å². The number of aliphatic hydroxyl groups is 1. The molecule has 1 aliphatic heterocycles. The van der Waals surface area contributed by atoms with E-state index < -0.39 is 11.0 Å². The molecule has 0 bridgehead atoms. The molecule has 2 unspecified atom stereocenters. The summed E-state index contributed by atoms with van der Waals surface area (Å²) in [7, 11) is 0. The maximum absolute atomic E-state index is 10.5. The molecule has 1 N–H and O–H groups in total. The molecule has 0 aliphatic carbocycles. The minimum absolute atomic E-state index is 0.0780. The first-order valence-corrected chi connectivity index (χ1v) is 6.16. The van der Waals surface area contributed by atoms with Crippen molar-refractivity contribution in [2.75, 3.05) is 13.2 Å². The zero-order valence-corrected chi connectivity index (χ0v) is 10.1. The van der Waals surface area contributed by atoms with Gasteiger partial charge in [-0.3, -0.25) is 10.1 Å². The van der Waals surface area contributed by atoms with Crippen molar-refractivity contribution >= 4 is 5.69 Å². The molecule has 1 saturated heterocycles. The molecule has 0 radical (unpaired) electrons. The van der Waals surface area contributed by atoms with Crippen LogP contribution in [0.2, 0.25) is 0 Å². The van der Waals surface area contributed by atoms with Crippen LogP contribution in [0.3, 0.4) is 0 Å². The molecule has 2 atom stereocenters. The lowest BCUT2D eigenvalue weighted by atomic mass is 9.91. The Morgan fingerprint density at radius 2 is 2.17 bits per heavy atom. The number of ether oxygens (including phenoxy) is 1. The van der Waals surface area contributed by atoms with Gasteiger partial charge in [-0.05, 0) is 24.8 Å². The van der Waals surface area contributed by atoms with Crippen molar-refractivity contribution in [3.63, 3.8) is 0 Å². The summed E-state index contributed by atoms with van der Waals surface area (Å²) < 4.78 is 5.34. The molecule has 5 heteroatoms. The molecule has 1 heterocycles. The molecule has 0 saturated carbocycles. The van der Waals surface area contributed by atoms with E-state index in [1.807, 2.05) is 0 Å². The van der Waals surface area contributed by atoms with Gasteiger partial charge in [-0.15, -0.1) is 0 Å². The summed E-state index contributed by atoms with van der Waals surface area (Å²) in [4.78, 5) is 10.1.